The van der Waals surface area contributed by atoms with Gasteiger partial charge < -0.3 is 26.0 Å². The van der Waals surface area contributed by atoms with E-state index in [0.29, 0.717) is 5.95 Å². The van der Waals surface area contributed by atoms with Gasteiger partial charge in [-0.05, 0) is 61.9 Å². The van der Waals surface area contributed by atoms with Gasteiger partial charge in [-0.1, -0.05) is 12.1 Å². The van der Waals surface area contributed by atoms with E-state index in [-0.39, 0.29) is 18.6 Å². The second-order valence-electron chi connectivity index (χ2n) is 9.21. The molecule has 0 saturated carbocycles. The lowest BCUT2D eigenvalue weighted by atomic mass is 10.1. The third-order valence-electron chi connectivity index (χ3n) is 6.76. The quantitative estimate of drug-likeness (QED) is 0.384. The molecule has 0 aliphatic carbocycles. The van der Waals surface area contributed by atoms with E-state index in [1.54, 1.807) is 6.20 Å². The van der Waals surface area contributed by atoms with E-state index in [2.05, 4.69) is 47.9 Å². The number of hydrogen-bond acceptors (Lipinski definition) is 8. The summed E-state index contributed by atoms with van der Waals surface area (Å²) >= 11 is 0. The molecule has 1 amide bonds. The topological polar surface area (TPSA) is 106 Å². The molecule has 0 bridgehead atoms. The van der Waals surface area contributed by atoms with Crippen molar-refractivity contribution in [2.75, 3.05) is 61.4 Å². The number of carbonyl (C=O) groups is 1. The zero-order chi connectivity index (χ0) is 24.7. The molecule has 9 nitrogen and oxygen atoms in total. The predicted octanol–water partition coefficient (Wildman–Crippen LogP) is 2.69. The largest absolute Gasteiger partial charge is 0.395 e. The van der Waals surface area contributed by atoms with Crippen LogP contribution in [0.5, 0.6) is 0 Å². The first-order valence-corrected chi connectivity index (χ1v) is 12.6. The van der Waals surface area contributed by atoms with Crippen LogP contribution < -0.4 is 20.9 Å². The summed E-state index contributed by atoms with van der Waals surface area (Å²) < 4.78 is 0. The minimum Gasteiger partial charge on any atom is -0.395 e. The third-order valence-corrected chi connectivity index (χ3v) is 6.76. The smallest absolute Gasteiger partial charge is 0.241 e. The number of amides is 1. The Kier molecular flexibility index (Phi) is 7.70. The summed E-state index contributed by atoms with van der Waals surface area (Å²) in [4.78, 5) is 26.0. The molecule has 2 fully saturated rings. The van der Waals surface area contributed by atoms with Crippen LogP contribution in [0.1, 0.15) is 12.8 Å². The number of nitrogens with zero attached hydrogens (tertiary/aromatic N) is 4. The lowest BCUT2D eigenvalue weighted by molar-refractivity contribution is -0.117. The van der Waals surface area contributed by atoms with Crippen molar-refractivity contribution in [1.82, 2.24) is 20.2 Å². The summed E-state index contributed by atoms with van der Waals surface area (Å²) in [6, 6.07) is 17.8. The average Bonchev–Trinajstić information content (AvgIpc) is 3.46. The van der Waals surface area contributed by atoms with Crippen LogP contribution in [0.15, 0.2) is 60.8 Å². The van der Waals surface area contributed by atoms with Crippen molar-refractivity contribution in [3.05, 3.63) is 60.8 Å². The minimum atomic E-state index is -0.101. The summed E-state index contributed by atoms with van der Waals surface area (Å²) in [5.41, 5.74) is 4.65. The molecular formula is C27H33N7O2. The van der Waals surface area contributed by atoms with Crippen molar-refractivity contribution in [3.8, 4) is 11.3 Å². The van der Waals surface area contributed by atoms with Gasteiger partial charge in [-0.2, -0.15) is 0 Å². The molecule has 0 unspecified atom stereocenters. The number of anilines is 4. The molecule has 0 radical (unpaired) electrons. The normalized spacial score (nSPS) is 18.2. The highest BCUT2D eigenvalue weighted by Gasteiger charge is 2.22. The Balaban J connectivity index is 1.18. The summed E-state index contributed by atoms with van der Waals surface area (Å²) in [5.74, 6) is 0.548. The molecule has 5 rings (SSSR count). The van der Waals surface area contributed by atoms with Crippen molar-refractivity contribution in [2.24, 2.45) is 0 Å². The first-order chi connectivity index (χ1) is 17.7. The SMILES string of the molecule is O=C(Nc1ccc(-c2ccnc(Nc3ccc(N4CCN(CCO)CC4)cc3)n2)cc1)[C@H]1CCCN1. The summed E-state index contributed by atoms with van der Waals surface area (Å²) in [6.45, 7) is 5.70. The van der Waals surface area contributed by atoms with Gasteiger partial charge in [0, 0.05) is 61.5 Å². The number of aromatic nitrogens is 2. The van der Waals surface area contributed by atoms with Crippen LogP contribution in [0.3, 0.4) is 0 Å². The molecule has 36 heavy (non-hydrogen) atoms. The van der Waals surface area contributed by atoms with Crippen molar-refractivity contribution < 1.29 is 9.90 Å². The van der Waals surface area contributed by atoms with Crippen LogP contribution in [-0.4, -0.2) is 77.8 Å². The predicted molar refractivity (Wildman–Crippen MR) is 143 cm³/mol. The molecule has 2 aromatic carbocycles. The van der Waals surface area contributed by atoms with Gasteiger partial charge in [0.25, 0.3) is 0 Å². The highest BCUT2D eigenvalue weighted by atomic mass is 16.3. The summed E-state index contributed by atoms with van der Waals surface area (Å²) in [5, 5.41) is 18.6. The van der Waals surface area contributed by atoms with Crippen molar-refractivity contribution >= 4 is 28.9 Å². The van der Waals surface area contributed by atoms with Crippen LogP contribution >= 0.6 is 0 Å². The summed E-state index contributed by atoms with van der Waals surface area (Å²) in [6.07, 6.45) is 3.66. The van der Waals surface area contributed by atoms with Crippen molar-refractivity contribution in [3.63, 3.8) is 0 Å². The monoisotopic (exact) mass is 487 g/mol. The number of benzene rings is 2. The summed E-state index contributed by atoms with van der Waals surface area (Å²) in [7, 11) is 0. The molecule has 3 heterocycles. The number of hydrogen-bond donors (Lipinski definition) is 4. The second-order valence-corrected chi connectivity index (χ2v) is 9.21. The Bertz CT molecular complexity index is 1140. The van der Waals surface area contributed by atoms with Gasteiger partial charge >= 0.3 is 0 Å². The molecule has 9 heteroatoms. The lowest BCUT2D eigenvalue weighted by Crippen LogP contribution is -2.47. The molecule has 2 aliphatic rings. The fraction of sp³-hybridized carbons (Fsp3) is 0.370. The van der Waals surface area contributed by atoms with Crippen molar-refractivity contribution in [2.45, 2.75) is 18.9 Å². The number of piperazine rings is 1. The zero-order valence-corrected chi connectivity index (χ0v) is 20.4. The van der Waals surface area contributed by atoms with Crippen molar-refractivity contribution in [1.29, 1.82) is 0 Å². The van der Waals surface area contributed by atoms with E-state index >= 15 is 0 Å². The number of carbonyl (C=O) groups excluding carboxylic acids is 1. The van der Waals surface area contributed by atoms with Crippen LogP contribution in [0.25, 0.3) is 11.3 Å². The molecule has 1 atom stereocenters. The molecule has 1 aromatic heterocycles. The first kappa shape index (κ1) is 24.2. The van der Waals surface area contributed by atoms with Crippen LogP contribution in [0.2, 0.25) is 0 Å². The van der Waals surface area contributed by atoms with Gasteiger partial charge in [0.15, 0.2) is 0 Å². The fourth-order valence-corrected chi connectivity index (χ4v) is 4.70. The standard InChI is InChI=1S/C27H33N7O2/c35-19-18-33-14-16-34(17-15-33)23-9-7-22(8-10-23)31-27-29-13-11-24(32-27)20-3-5-21(6-4-20)30-26(36)25-2-1-12-28-25/h3-11,13,25,28,35H,1-2,12,14-19H2,(H,30,36)(H,29,31,32)/t25-/m1/s1. The van der Waals surface area contributed by atoms with Gasteiger partial charge in [-0.15, -0.1) is 0 Å². The lowest BCUT2D eigenvalue weighted by Gasteiger charge is -2.35. The Labute approximate surface area is 211 Å². The molecule has 4 N–H and O–H groups in total. The van der Waals surface area contributed by atoms with Crippen LogP contribution in [0, 0.1) is 0 Å². The van der Waals surface area contributed by atoms with Gasteiger partial charge in [0.2, 0.25) is 11.9 Å². The number of nitrogens with one attached hydrogen (secondary N) is 3. The maximum atomic E-state index is 12.3. The van der Waals surface area contributed by atoms with Crippen LogP contribution in [0.4, 0.5) is 23.0 Å². The number of aliphatic hydroxyl groups excluding tert-OH is 1. The Morgan fingerprint density at radius 3 is 2.44 bits per heavy atom. The maximum Gasteiger partial charge on any atom is 0.241 e. The second kappa shape index (κ2) is 11.5. The number of rotatable bonds is 8. The van der Waals surface area contributed by atoms with E-state index in [9.17, 15) is 4.79 Å². The van der Waals surface area contributed by atoms with Gasteiger partial charge in [0.05, 0.1) is 18.3 Å². The molecule has 3 aromatic rings. The van der Waals surface area contributed by atoms with E-state index in [1.165, 1.54) is 5.69 Å². The minimum absolute atomic E-state index is 0.0174. The van der Waals surface area contributed by atoms with Gasteiger partial charge in [-0.25, -0.2) is 9.97 Å². The number of aliphatic hydroxyl groups is 1. The third kappa shape index (κ3) is 5.99. The zero-order valence-electron chi connectivity index (χ0n) is 20.4. The molecular weight excluding hydrogens is 454 g/mol. The molecule has 2 aliphatic heterocycles. The van der Waals surface area contributed by atoms with E-state index in [1.807, 2.05) is 42.5 Å². The van der Waals surface area contributed by atoms with Crippen LogP contribution in [-0.2, 0) is 4.79 Å². The highest BCUT2D eigenvalue weighted by molar-refractivity contribution is 5.95. The molecule has 0 spiro atoms. The average molecular weight is 488 g/mol. The Hall–Kier alpha value is -3.53. The molecule has 188 valence electrons. The fourth-order valence-electron chi connectivity index (χ4n) is 4.70. The first-order valence-electron chi connectivity index (χ1n) is 12.6. The van der Waals surface area contributed by atoms with E-state index < -0.39 is 0 Å². The maximum absolute atomic E-state index is 12.3. The number of β-amino-alcohol motifs (C(OH)–C–C–N with tert-alkyl or cyclic N) is 1. The van der Waals surface area contributed by atoms with E-state index in [4.69, 9.17) is 5.11 Å². The van der Waals surface area contributed by atoms with E-state index in [0.717, 1.165) is 74.7 Å². The Morgan fingerprint density at radius 1 is 1.00 bits per heavy atom. The molecule has 2 saturated heterocycles. The van der Waals surface area contributed by atoms with Gasteiger partial charge in [0.1, 0.15) is 0 Å². The highest BCUT2D eigenvalue weighted by Crippen LogP contribution is 2.24. The van der Waals surface area contributed by atoms with Gasteiger partial charge in [-0.3, -0.25) is 9.69 Å². The Morgan fingerprint density at radius 2 is 1.75 bits per heavy atom.